The molecule has 28 heavy (non-hydrogen) atoms. The zero-order chi connectivity index (χ0) is 19.7. The summed E-state index contributed by atoms with van der Waals surface area (Å²) in [5.74, 6) is -0.634. The van der Waals surface area contributed by atoms with E-state index in [-0.39, 0.29) is 12.2 Å². The second kappa shape index (κ2) is 7.26. The highest BCUT2D eigenvalue weighted by Gasteiger charge is 2.23. The molecule has 0 fully saturated rings. The molecule has 3 aliphatic rings. The summed E-state index contributed by atoms with van der Waals surface area (Å²) in [5.41, 5.74) is 7.97. The Morgan fingerprint density at radius 1 is 1.36 bits per heavy atom. The van der Waals surface area contributed by atoms with E-state index in [0.29, 0.717) is 22.9 Å². The lowest BCUT2D eigenvalue weighted by Gasteiger charge is -2.22. The molecule has 1 unspecified atom stereocenters. The molecule has 4 rings (SSSR count). The fourth-order valence-corrected chi connectivity index (χ4v) is 3.44. The number of fused-ring (bicyclic) bond motifs is 1. The van der Waals surface area contributed by atoms with E-state index in [9.17, 15) is 9.50 Å². The van der Waals surface area contributed by atoms with Gasteiger partial charge in [0.05, 0.1) is 11.1 Å². The summed E-state index contributed by atoms with van der Waals surface area (Å²) in [6.07, 6.45) is 13.8. The number of nitrogens with two attached hydrogens (primary N) is 1. The van der Waals surface area contributed by atoms with Crippen molar-refractivity contribution in [3.8, 4) is 0 Å². The normalized spacial score (nSPS) is 22.8. The number of halogens is 1. The highest BCUT2D eigenvalue weighted by Crippen LogP contribution is 2.30. The van der Waals surface area contributed by atoms with Crippen LogP contribution in [0.5, 0.6) is 0 Å². The molecule has 0 radical (unpaired) electrons. The van der Waals surface area contributed by atoms with Crippen LogP contribution < -0.4 is 21.6 Å². The Morgan fingerprint density at radius 2 is 2.18 bits per heavy atom. The van der Waals surface area contributed by atoms with Crippen LogP contribution in [-0.4, -0.2) is 22.0 Å². The summed E-state index contributed by atoms with van der Waals surface area (Å²) in [6, 6.07) is 2.02. The first kappa shape index (κ1) is 17.9. The maximum Gasteiger partial charge on any atom is 0.146 e. The van der Waals surface area contributed by atoms with Gasteiger partial charge in [-0.1, -0.05) is 18.2 Å². The highest BCUT2D eigenvalue weighted by molar-refractivity contribution is 6.10. The van der Waals surface area contributed by atoms with Gasteiger partial charge in [0.15, 0.2) is 0 Å². The van der Waals surface area contributed by atoms with Gasteiger partial charge in [0.25, 0.3) is 0 Å². The van der Waals surface area contributed by atoms with Gasteiger partial charge in [-0.2, -0.15) is 0 Å². The van der Waals surface area contributed by atoms with Gasteiger partial charge in [-0.25, -0.2) is 9.38 Å². The van der Waals surface area contributed by atoms with Gasteiger partial charge in [-0.15, -0.1) is 0 Å². The van der Waals surface area contributed by atoms with Crippen LogP contribution in [0.25, 0.3) is 12.2 Å². The first-order chi connectivity index (χ1) is 13.5. The summed E-state index contributed by atoms with van der Waals surface area (Å²) in [7, 11) is 0. The van der Waals surface area contributed by atoms with E-state index >= 15 is 0 Å². The molecular weight excluding hydrogens is 357 g/mol. The van der Waals surface area contributed by atoms with Crippen molar-refractivity contribution >= 4 is 24.1 Å². The van der Waals surface area contributed by atoms with Gasteiger partial charge in [0.1, 0.15) is 23.2 Å². The quantitative estimate of drug-likeness (QED) is 0.603. The Balaban J connectivity index is 1.76. The molecule has 1 aromatic heterocycles. The van der Waals surface area contributed by atoms with Crippen molar-refractivity contribution in [1.82, 2.24) is 10.3 Å². The topological polar surface area (TPSA) is 107 Å². The van der Waals surface area contributed by atoms with Gasteiger partial charge < -0.3 is 21.6 Å². The number of nitrogens with zero attached hydrogens (tertiary/aromatic N) is 2. The predicted molar refractivity (Wildman–Crippen MR) is 107 cm³/mol. The van der Waals surface area contributed by atoms with Crippen molar-refractivity contribution in [3.63, 3.8) is 0 Å². The van der Waals surface area contributed by atoms with Crippen LogP contribution >= 0.6 is 0 Å². The average Bonchev–Trinajstić information content (AvgIpc) is 2.70. The van der Waals surface area contributed by atoms with Crippen molar-refractivity contribution in [2.45, 2.75) is 19.3 Å². The lowest BCUT2D eigenvalue weighted by atomic mass is 9.91. The fraction of sp³-hybridized carbons (Fsp3) is 0.190. The van der Waals surface area contributed by atoms with Crippen molar-refractivity contribution in [3.05, 3.63) is 75.4 Å². The molecule has 1 aromatic rings. The van der Waals surface area contributed by atoms with Crippen LogP contribution in [0.2, 0.25) is 0 Å². The van der Waals surface area contributed by atoms with E-state index in [4.69, 9.17) is 11.1 Å². The number of aliphatic imine (C=N–C) groups is 1. The van der Waals surface area contributed by atoms with Gasteiger partial charge >= 0.3 is 0 Å². The molecule has 1 atom stereocenters. The van der Waals surface area contributed by atoms with Crippen molar-refractivity contribution in [2.24, 2.45) is 16.6 Å². The van der Waals surface area contributed by atoms with E-state index in [1.807, 2.05) is 6.07 Å². The Kier molecular flexibility index (Phi) is 4.65. The summed E-state index contributed by atoms with van der Waals surface area (Å²) in [6.45, 7) is 0. The molecule has 0 saturated heterocycles. The number of aliphatic hydroxyl groups excluding tert-OH is 1. The van der Waals surface area contributed by atoms with Crippen molar-refractivity contribution in [2.75, 3.05) is 0 Å². The minimum absolute atomic E-state index is 0.0299. The number of hydrogen-bond acceptors (Lipinski definition) is 6. The van der Waals surface area contributed by atoms with E-state index in [1.165, 1.54) is 6.08 Å². The molecule has 2 heterocycles. The third kappa shape index (κ3) is 3.38. The molecule has 0 spiro atoms. The fourth-order valence-electron chi connectivity index (χ4n) is 3.44. The molecule has 0 saturated carbocycles. The number of aromatic nitrogens is 1. The first-order valence-electron chi connectivity index (χ1n) is 9.05. The predicted octanol–water partition coefficient (Wildman–Crippen LogP) is 1.81. The van der Waals surface area contributed by atoms with Crippen LogP contribution in [0.15, 0.2) is 64.3 Å². The third-order valence-electron chi connectivity index (χ3n) is 4.89. The molecule has 5 N–H and O–H groups in total. The molecule has 6 nitrogen and oxygen atoms in total. The minimum atomic E-state index is -0.610. The summed E-state index contributed by atoms with van der Waals surface area (Å²) < 4.78 is 13.8. The molecular formula is C21H20FN5O. The molecule has 2 aliphatic carbocycles. The molecule has 0 bridgehead atoms. The Labute approximate surface area is 161 Å². The SMILES string of the molecule is N=C/C(=C1/N=C(c2cnc3c(c2)=CCCC=3)C=C(N)N1)C1C=CC(O)=C(F)C1. The van der Waals surface area contributed by atoms with Gasteiger partial charge in [-0.05, 0) is 30.2 Å². The summed E-state index contributed by atoms with van der Waals surface area (Å²) in [4.78, 5) is 9.12. The molecule has 0 aromatic carbocycles. The largest absolute Gasteiger partial charge is 0.505 e. The molecule has 0 amide bonds. The zero-order valence-electron chi connectivity index (χ0n) is 15.1. The van der Waals surface area contributed by atoms with Gasteiger partial charge in [0.2, 0.25) is 0 Å². The number of aliphatic hydroxyl groups is 1. The molecule has 7 heteroatoms. The van der Waals surface area contributed by atoms with Crippen LogP contribution in [0, 0.1) is 11.3 Å². The third-order valence-corrected chi connectivity index (χ3v) is 4.89. The Hall–Kier alpha value is -3.48. The second-order valence-corrected chi connectivity index (χ2v) is 6.81. The summed E-state index contributed by atoms with van der Waals surface area (Å²) >= 11 is 0. The van der Waals surface area contributed by atoms with Crippen LogP contribution in [-0.2, 0) is 0 Å². The number of rotatable bonds is 3. The minimum Gasteiger partial charge on any atom is -0.505 e. The van der Waals surface area contributed by atoms with Gasteiger partial charge in [-0.3, -0.25) is 4.98 Å². The van der Waals surface area contributed by atoms with E-state index in [1.54, 1.807) is 18.3 Å². The highest BCUT2D eigenvalue weighted by atomic mass is 19.1. The number of pyridine rings is 1. The Bertz CT molecular complexity index is 1120. The maximum absolute atomic E-state index is 13.8. The van der Waals surface area contributed by atoms with Crippen LogP contribution in [0.3, 0.4) is 0 Å². The van der Waals surface area contributed by atoms with E-state index < -0.39 is 11.7 Å². The van der Waals surface area contributed by atoms with Crippen LogP contribution in [0.1, 0.15) is 24.8 Å². The average molecular weight is 377 g/mol. The lowest BCUT2D eigenvalue weighted by molar-refractivity contribution is 0.380. The standard InChI is InChI=1S/C21H20FN5O/c22-16-8-12(5-6-19(16)28)15(10-23)21-26-18(9-20(24)27-21)14-7-13-3-1-2-4-17(13)25-11-14/h3-7,9-12,23,27-28H,1-2,8,24H2/b21-15+,23-10?. The van der Waals surface area contributed by atoms with Crippen LogP contribution in [0.4, 0.5) is 4.39 Å². The number of nitrogens with one attached hydrogen (secondary N) is 2. The lowest BCUT2D eigenvalue weighted by Crippen LogP contribution is -2.32. The van der Waals surface area contributed by atoms with Gasteiger partial charge in [0, 0.05) is 42.0 Å². The van der Waals surface area contributed by atoms with E-state index in [2.05, 4.69) is 27.4 Å². The number of hydrogen-bond donors (Lipinski definition) is 4. The number of allylic oxidation sites excluding steroid dienone is 5. The van der Waals surface area contributed by atoms with Crippen molar-refractivity contribution < 1.29 is 9.50 Å². The zero-order valence-corrected chi connectivity index (χ0v) is 15.1. The first-order valence-corrected chi connectivity index (χ1v) is 9.05. The van der Waals surface area contributed by atoms with E-state index in [0.717, 1.165) is 35.2 Å². The van der Waals surface area contributed by atoms with Crippen molar-refractivity contribution in [1.29, 1.82) is 5.41 Å². The summed E-state index contributed by atoms with van der Waals surface area (Å²) in [5, 5.41) is 22.2. The Morgan fingerprint density at radius 3 is 2.96 bits per heavy atom. The maximum atomic E-state index is 13.8. The second-order valence-electron chi connectivity index (χ2n) is 6.81. The molecule has 1 aliphatic heterocycles. The molecule has 142 valence electrons. The monoisotopic (exact) mass is 377 g/mol. The smallest absolute Gasteiger partial charge is 0.146 e.